The second-order valence-corrected chi connectivity index (χ2v) is 4.98. The van der Waals surface area contributed by atoms with E-state index >= 15 is 0 Å². The lowest BCUT2D eigenvalue weighted by molar-refractivity contribution is 0.222. The number of methoxy groups -OCH3 is 1. The number of ether oxygens (including phenoxy) is 1. The molecule has 0 fully saturated rings. The van der Waals surface area contributed by atoms with E-state index in [1.807, 2.05) is 54.6 Å². The van der Waals surface area contributed by atoms with Gasteiger partial charge in [0, 0.05) is 11.1 Å². The summed E-state index contributed by atoms with van der Waals surface area (Å²) in [5, 5.41) is 12.6. The van der Waals surface area contributed by atoms with E-state index in [4.69, 9.17) is 10.5 Å². The molecule has 0 saturated heterocycles. The number of hydrogen-bond acceptors (Lipinski definition) is 3. The number of hydrogen-bond donors (Lipinski definition) is 2. The standard InChI is InChI=1S/C18H17NO2/c1-21-17-10-9-16(14-7-2-3-8-15(14)17)18(20)12-5-4-6-13(19)11-12/h2-11,18,20H,19H2,1H3. The first-order chi connectivity index (χ1) is 10.2. The largest absolute Gasteiger partial charge is 0.496 e. The minimum Gasteiger partial charge on any atom is -0.496 e. The predicted octanol–water partition coefficient (Wildman–Crippen LogP) is 3.51. The Morgan fingerprint density at radius 2 is 1.71 bits per heavy atom. The normalized spacial score (nSPS) is 12.3. The molecule has 3 N–H and O–H groups in total. The molecule has 3 rings (SSSR count). The highest BCUT2D eigenvalue weighted by atomic mass is 16.5. The summed E-state index contributed by atoms with van der Waals surface area (Å²) in [6.07, 6.45) is -0.718. The lowest BCUT2D eigenvalue weighted by Crippen LogP contribution is -2.02. The fourth-order valence-electron chi connectivity index (χ4n) is 2.62. The van der Waals surface area contributed by atoms with Gasteiger partial charge in [0.15, 0.2) is 0 Å². The van der Waals surface area contributed by atoms with Gasteiger partial charge in [-0.25, -0.2) is 0 Å². The molecule has 1 atom stereocenters. The molecule has 21 heavy (non-hydrogen) atoms. The van der Waals surface area contributed by atoms with Crippen LogP contribution < -0.4 is 10.5 Å². The molecule has 0 spiro atoms. The Bertz CT molecular complexity index is 783. The molecule has 0 aliphatic rings. The van der Waals surface area contributed by atoms with Crippen molar-refractivity contribution >= 4 is 16.5 Å². The second-order valence-electron chi connectivity index (χ2n) is 4.98. The number of benzene rings is 3. The highest BCUT2D eigenvalue weighted by Crippen LogP contribution is 2.34. The van der Waals surface area contributed by atoms with Crippen molar-refractivity contribution in [2.45, 2.75) is 6.10 Å². The van der Waals surface area contributed by atoms with E-state index in [9.17, 15) is 5.11 Å². The number of nitrogens with two attached hydrogens (primary N) is 1. The van der Waals surface area contributed by atoms with Crippen LogP contribution in [0.25, 0.3) is 10.8 Å². The molecule has 3 aromatic carbocycles. The van der Waals surface area contributed by atoms with E-state index in [1.165, 1.54) is 0 Å². The van der Waals surface area contributed by atoms with Crippen LogP contribution in [-0.4, -0.2) is 12.2 Å². The minimum absolute atomic E-state index is 0.643. The third-order valence-corrected chi connectivity index (χ3v) is 3.66. The summed E-state index contributed by atoms with van der Waals surface area (Å²) in [4.78, 5) is 0. The highest BCUT2D eigenvalue weighted by Gasteiger charge is 2.15. The van der Waals surface area contributed by atoms with Crippen molar-refractivity contribution in [1.29, 1.82) is 0 Å². The molecule has 0 bridgehead atoms. The highest BCUT2D eigenvalue weighted by molar-refractivity contribution is 5.91. The van der Waals surface area contributed by atoms with E-state index in [0.29, 0.717) is 5.69 Å². The average molecular weight is 279 g/mol. The first-order valence-corrected chi connectivity index (χ1v) is 6.80. The van der Waals surface area contributed by atoms with Crippen molar-refractivity contribution in [3.8, 4) is 5.75 Å². The van der Waals surface area contributed by atoms with Gasteiger partial charge >= 0.3 is 0 Å². The Balaban J connectivity index is 2.17. The molecule has 0 radical (unpaired) electrons. The Kier molecular flexibility index (Phi) is 3.50. The summed E-state index contributed by atoms with van der Waals surface area (Å²) < 4.78 is 5.39. The van der Waals surface area contributed by atoms with Crippen LogP contribution in [0.15, 0.2) is 60.7 Å². The summed E-state index contributed by atoms with van der Waals surface area (Å²) >= 11 is 0. The molecule has 0 aliphatic heterocycles. The van der Waals surface area contributed by atoms with Gasteiger partial charge in [0.1, 0.15) is 11.9 Å². The smallest absolute Gasteiger partial charge is 0.126 e. The predicted molar refractivity (Wildman–Crippen MR) is 85.4 cm³/mol. The SMILES string of the molecule is COc1ccc(C(O)c2cccc(N)c2)c2ccccc12. The zero-order valence-corrected chi connectivity index (χ0v) is 11.8. The maximum absolute atomic E-state index is 10.7. The van der Waals surface area contributed by atoms with E-state index in [0.717, 1.165) is 27.6 Å². The maximum Gasteiger partial charge on any atom is 0.126 e. The van der Waals surface area contributed by atoms with Crippen LogP contribution >= 0.6 is 0 Å². The molecule has 0 saturated carbocycles. The topological polar surface area (TPSA) is 55.5 Å². The lowest BCUT2D eigenvalue weighted by Gasteiger charge is -2.16. The Morgan fingerprint density at radius 1 is 0.952 bits per heavy atom. The molecule has 0 amide bonds. The van der Waals surface area contributed by atoms with Crippen LogP contribution in [0.3, 0.4) is 0 Å². The van der Waals surface area contributed by atoms with Gasteiger partial charge < -0.3 is 15.6 Å². The van der Waals surface area contributed by atoms with Gasteiger partial charge in [-0.15, -0.1) is 0 Å². The van der Waals surface area contributed by atoms with E-state index < -0.39 is 6.10 Å². The first-order valence-electron chi connectivity index (χ1n) is 6.80. The molecule has 0 aromatic heterocycles. The molecule has 3 aromatic rings. The third-order valence-electron chi connectivity index (χ3n) is 3.66. The molecule has 3 heteroatoms. The number of aliphatic hydroxyl groups excluding tert-OH is 1. The van der Waals surface area contributed by atoms with Crippen molar-refractivity contribution in [3.05, 3.63) is 71.8 Å². The van der Waals surface area contributed by atoms with Gasteiger partial charge in [-0.2, -0.15) is 0 Å². The van der Waals surface area contributed by atoms with Gasteiger partial charge in [-0.05, 0) is 34.7 Å². The Labute approximate surface area is 123 Å². The van der Waals surface area contributed by atoms with Crippen LogP contribution in [0, 0.1) is 0 Å². The van der Waals surface area contributed by atoms with Crippen LogP contribution in [0.4, 0.5) is 5.69 Å². The fraction of sp³-hybridized carbons (Fsp3) is 0.111. The van der Waals surface area contributed by atoms with Crippen molar-refractivity contribution in [2.24, 2.45) is 0 Å². The van der Waals surface area contributed by atoms with Gasteiger partial charge in [0.2, 0.25) is 0 Å². The quantitative estimate of drug-likeness (QED) is 0.721. The van der Waals surface area contributed by atoms with Gasteiger partial charge in [0.05, 0.1) is 7.11 Å². The van der Waals surface area contributed by atoms with Crippen molar-refractivity contribution in [1.82, 2.24) is 0 Å². The van der Waals surface area contributed by atoms with Crippen molar-refractivity contribution in [3.63, 3.8) is 0 Å². The first kappa shape index (κ1) is 13.5. The van der Waals surface area contributed by atoms with E-state index in [2.05, 4.69) is 0 Å². The van der Waals surface area contributed by atoms with Crippen LogP contribution in [-0.2, 0) is 0 Å². The summed E-state index contributed by atoms with van der Waals surface area (Å²) in [7, 11) is 1.65. The Morgan fingerprint density at radius 3 is 2.43 bits per heavy atom. The molecule has 0 aliphatic carbocycles. The number of anilines is 1. The van der Waals surface area contributed by atoms with Crippen LogP contribution in [0.1, 0.15) is 17.2 Å². The number of rotatable bonds is 3. The number of nitrogen functional groups attached to an aromatic ring is 1. The zero-order valence-electron chi connectivity index (χ0n) is 11.8. The summed E-state index contributed by atoms with van der Waals surface area (Å²) in [6.45, 7) is 0. The molecule has 106 valence electrons. The number of aliphatic hydroxyl groups is 1. The summed E-state index contributed by atoms with van der Waals surface area (Å²) in [5.41, 5.74) is 8.07. The minimum atomic E-state index is -0.718. The van der Waals surface area contributed by atoms with E-state index in [-0.39, 0.29) is 0 Å². The molecule has 3 nitrogen and oxygen atoms in total. The fourth-order valence-corrected chi connectivity index (χ4v) is 2.62. The zero-order chi connectivity index (χ0) is 14.8. The monoisotopic (exact) mass is 279 g/mol. The van der Waals surface area contributed by atoms with Crippen LogP contribution in [0.2, 0.25) is 0 Å². The van der Waals surface area contributed by atoms with Crippen molar-refractivity contribution in [2.75, 3.05) is 12.8 Å². The van der Waals surface area contributed by atoms with Crippen LogP contribution in [0.5, 0.6) is 5.75 Å². The van der Waals surface area contributed by atoms with Gasteiger partial charge in [-0.1, -0.05) is 42.5 Å². The van der Waals surface area contributed by atoms with Gasteiger partial charge in [-0.3, -0.25) is 0 Å². The molecular formula is C18H17NO2. The maximum atomic E-state index is 10.7. The number of fused-ring (bicyclic) bond motifs is 1. The van der Waals surface area contributed by atoms with Crippen molar-refractivity contribution < 1.29 is 9.84 Å². The molecule has 0 heterocycles. The third kappa shape index (κ3) is 2.43. The average Bonchev–Trinajstić information content (AvgIpc) is 2.53. The van der Waals surface area contributed by atoms with Gasteiger partial charge in [0.25, 0.3) is 0 Å². The Hall–Kier alpha value is -2.52. The molecular weight excluding hydrogens is 262 g/mol. The lowest BCUT2D eigenvalue weighted by atomic mass is 9.95. The van der Waals surface area contributed by atoms with E-state index in [1.54, 1.807) is 13.2 Å². The summed E-state index contributed by atoms with van der Waals surface area (Å²) in [5.74, 6) is 0.800. The second kappa shape index (κ2) is 5.46. The molecule has 1 unspecified atom stereocenters. The summed E-state index contributed by atoms with van der Waals surface area (Å²) in [6, 6.07) is 19.0.